The summed E-state index contributed by atoms with van der Waals surface area (Å²) in [6.07, 6.45) is 0.0565. The Morgan fingerprint density at radius 2 is 2.29 bits per heavy atom. The van der Waals surface area contributed by atoms with E-state index in [9.17, 15) is 9.18 Å². The van der Waals surface area contributed by atoms with Crippen molar-refractivity contribution < 1.29 is 13.9 Å². The van der Waals surface area contributed by atoms with Crippen molar-refractivity contribution >= 4 is 11.8 Å². The van der Waals surface area contributed by atoms with Crippen molar-refractivity contribution in [3.8, 4) is 0 Å². The first-order valence-electron chi connectivity index (χ1n) is 5.41. The van der Waals surface area contributed by atoms with Gasteiger partial charge >= 0.3 is 6.09 Å². The van der Waals surface area contributed by atoms with Crippen molar-refractivity contribution in [1.82, 2.24) is 0 Å². The molecule has 0 heterocycles. The number of hydrogen-bond acceptors (Lipinski definition) is 3. The maximum absolute atomic E-state index is 12.8. The van der Waals surface area contributed by atoms with E-state index in [2.05, 4.69) is 5.32 Å². The lowest BCUT2D eigenvalue weighted by atomic mass is 10.0. The normalized spacial score (nSPS) is 13.9. The SMILES string of the molecule is CCC(C)(N)COC(=O)Nc1cccc(F)c1. The second-order valence-electron chi connectivity index (χ2n) is 4.22. The summed E-state index contributed by atoms with van der Waals surface area (Å²) in [7, 11) is 0. The minimum absolute atomic E-state index is 0.116. The van der Waals surface area contributed by atoms with Crippen LogP contribution in [-0.4, -0.2) is 18.2 Å². The lowest BCUT2D eigenvalue weighted by Gasteiger charge is -2.21. The molecule has 17 heavy (non-hydrogen) atoms. The first kappa shape index (κ1) is 13.4. The zero-order valence-corrected chi connectivity index (χ0v) is 10.00. The Hall–Kier alpha value is -1.62. The number of nitrogens with one attached hydrogen (secondary N) is 1. The van der Waals surface area contributed by atoms with E-state index >= 15 is 0 Å². The van der Waals surface area contributed by atoms with Gasteiger partial charge in [0.25, 0.3) is 0 Å². The van der Waals surface area contributed by atoms with Crippen LogP contribution in [0.3, 0.4) is 0 Å². The number of nitrogens with two attached hydrogens (primary N) is 1. The third-order valence-electron chi connectivity index (χ3n) is 2.41. The zero-order valence-electron chi connectivity index (χ0n) is 10.00. The van der Waals surface area contributed by atoms with E-state index in [0.29, 0.717) is 12.1 Å². The van der Waals surface area contributed by atoms with Crippen LogP contribution in [0.25, 0.3) is 0 Å². The number of benzene rings is 1. The fourth-order valence-corrected chi connectivity index (χ4v) is 1.05. The molecule has 0 radical (unpaired) electrons. The van der Waals surface area contributed by atoms with Crippen molar-refractivity contribution in [2.75, 3.05) is 11.9 Å². The van der Waals surface area contributed by atoms with Crippen molar-refractivity contribution in [2.24, 2.45) is 5.73 Å². The molecule has 0 aliphatic heterocycles. The molecule has 1 amide bonds. The lowest BCUT2D eigenvalue weighted by Crippen LogP contribution is -2.41. The maximum atomic E-state index is 12.8. The molecule has 0 saturated heterocycles. The Bertz CT molecular complexity index is 394. The van der Waals surface area contributed by atoms with Gasteiger partial charge in [-0.1, -0.05) is 13.0 Å². The van der Waals surface area contributed by atoms with Gasteiger partial charge in [0.15, 0.2) is 0 Å². The first-order valence-corrected chi connectivity index (χ1v) is 5.41. The average Bonchev–Trinajstić information content (AvgIpc) is 2.27. The number of carbonyl (C=O) groups excluding carboxylic acids is 1. The molecule has 5 heteroatoms. The predicted octanol–water partition coefficient (Wildman–Crippen LogP) is 2.50. The summed E-state index contributed by atoms with van der Waals surface area (Å²) < 4.78 is 17.8. The molecule has 0 bridgehead atoms. The molecule has 3 N–H and O–H groups in total. The molecule has 0 aliphatic carbocycles. The molecular weight excluding hydrogens is 223 g/mol. The fraction of sp³-hybridized carbons (Fsp3) is 0.417. The number of hydrogen-bond donors (Lipinski definition) is 2. The van der Waals surface area contributed by atoms with E-state index in [4.69, 9.17) is 10.5 Å². The Morgan fingerprint density at radius 1 is 1.59 bits per heavy atom. The molecule has 94 valence electrons. The molecular formula is C12H17FN2O2. The van der Waals surface area contributed by atoms with Crippen LogP contribution < -0.4 is 11.1 Å². The predicted molar refractivity (Wildman–Crippen MR) is 64.3 cm³/mol. The summed E-state index contributed by atoms with van der Waals surface area (Å²) >= 11 is 0. The van der Waals surface area contributed by atoms with Crippen LogP contribution in [0.5, 0.6) is 0 Å². The minimum Gasteiger partial charge on any atom is -0.447 e. The van der Waals surface area contributed by atoms with Gasteiger partial charge < -0.3 is 10.5 Å². The quantitative estimate of drug-likeness (QED) is 0.849. The Balaban J connectivity index is 2.45. The second kappa shape index (κ2) is 5.63. The third-order valence-corrected chi connectivity index (χ3v) is 2.41. The van der Waals surface area contributed by atoms with E-state index < -0.39 is 17.4 Å². The van der Waals surface area contributed by atoms with E-state index in [1.807, 2.05) is 6.92 Å². The van der Waals surface area contributed by atoms with Crippen molar-refractivity contribution in [1.29, 1.82) is 0 Å². The molecule has 1 rings (SSSR count). The van der Waals surface area contributed by atoms with Gasteiger partial charge in [-0.25, -0.2) is 9.18 Å². The molecule has 4 nitrogen and oxygen atoms in total. The fourth-order valence-electron chi connectivity index (χ4n) is 1.05. The zero-order chi connectivity index (χ0) is 12.9. The van der Waals surface area contributed by atoms with Crippen molar-refractivity contribution in [3.63, 3.8) is 0 Å². The molecule has 0 aromatic heterocycles. The summed E-state index contributed by atoms with van der Waals surface area (Å²) in [4.78, 5) is 11.4. The maximum Gasteiger partial charge on any atom is 0.411 e. The van der Waals surface area contributed by atoms with Crippen molar-refractivity contribution in [3.05, 3.63) is 30.1 Å². The molecule has 0 fully saturated rings. The van der Waals surface area contributed by atoms with Crippen LogP contribution >= 0.6 is 0 Å². The molecule has 0 saturated carbocycles. The third kappa shape index (κ3) is 4.82. The number of carbonyl (C=O) groups is 1. The average molecular weight is 240 g/mol. The summed E-state index contributed by atoms with van der Waals surface area (Å²) in [6.45, 7) is 3.82. The number of halogens is 1. The summed E-state index contributed by atoms with van der Waals surface area (Å²) in [5.41, 5.74) is 5.63. The van der Waals surface area contributed by atoms with Gasteiger partial charge in [0.2, 0.25) is 0 Å². The Morgan fingerprint density at radius 3 is 2.88 bits per heavy atom. The van der Waals surface area contributed by atoms with Crippen LogP contribution in [-0.2, 0) is 4.74 Å². The van der Waals surface area contributed by atoms with Gasteiger partial charge in [-0.3, -0.25) is 5.32 Å². The van der Waals surface area contributed by atoms with Gasteiger partial charge in [0.1, 0.15) is 12.4 Å². The van der Waals surface area contributed by atoms with Crippen LogP contribution in [0.2, 0.25) is 0 Å². The lowest BCUT2D eigenvalue weighted by molar-refractivity contribution is 0.132. The van der Waals surface area contributed by atoms with Crippen LogP contribution in [0.1, 0.15) is 20.3 Å². The van der Waals surface area contributed by atoms with E-state index in [1.54, 1.807) is 13.0 Å². The summed E-state index contributed by atoms with van der Waals surface area (Å²) in [5, 5.41) is 2.42. The van der Waals surface area contributed by atoms with Crippen molar-refractivity contribution in [2.45, 2.75) is 25.8 Å². The summed E-state index contributed by atoms with van der Waals surface area (Å²) in [5.74, 6) is -0.417. The van der Waals surface area contributed by atoms with Crippen LogP contribution in [0.4, 0.5) is 14.9 Å². The monoisotopic (exact) mass is 240 g/mol. The van der Waals surface area contributed by atoms with E-state index in [0.717, 1.165) is 0 Å². The number of amides is 1. The molecule has 1 aromatic rings. The highest BCUT2D eigenvalue weighted by molar-refractivity contribution is 5.84. The Kier molecular flexibility index (Phi) is 4.45. The highest BCUT2D eigenvalue weighted by Crippen LogP contribution is 2.10. The standard InChI is InChI=1S/C12H17FN2O2/c1-3-12(2,14)8-17-11(16)15-10-6-4-5-9(13)7-10/h4-7H,3,8,14H2,1-2H3,(H,15,16). The molecule has 0 spiro atoms. The van der Waals surface area contributed by atoms with Gasteiger partial charge in [-0.15, -0.1) is 0 Å². The highest BCUT2D eigenvalue weighted by Gasteiger charge is 2.18. The minimum atomic E-state index is -0.638. The number of rotatable bonds is 4. The topological polar surface area (TPSA) is 64.3 Å². The molecule has 1 aromatic carbocycles. The van der Waals surface area contributed by atoms with Gasteiger partial charge in [-0.2, -0.15) is 0 Å². The van der Waals surface area contributed by atoms with Crippen LogP contribution in [0.15, 0.2) is 24.3 Å². The second-order valence-corrected chi connectivity index (χ2v) is 4.22. The smallest absolute Gasteiger partial charge is 0.411 e. The van der Waals surface area contributed by atoms with E-state index in [1.165, 1.54) is 18.2 Å². The Labute approximate surface area is 100.0 Å². The van der Waals surface area contributed by atoms with Crippen LogP contribution in [0, 0.1) is 5.82 Å². The molecule has 1 atom stereocenters. The highest BCUT2D eigenvalue weighted by atomic mass is 19.1. The summed E-state index contributed by atoms with van der Waals surface area (Å²) in [6, 6.07) is 5.59. The number of anilines is 1. The molecule has 1 unspecified atom stereocenters. The van der Waals surface area contributed by atoms with Gasteiger partial charge in [-0.05, 0) is 31.5 Å². The van der Waals surface area contributed by atoms with E-state index in [-0.39, 0.29) is 6.61 Å². The number of ether oxygens (including phenoxy) is 1. The molecule has 0 aliphatic rings. The van der Waals surface area contributed by atoms with Gasteiger partial charge in [0, 0.05) is 11.2 Å². The van der Waals surface area contributed by atoms with Gasteiger partial charge in [0.05, 0.1) is 0 Å². The first-order chi connectivity index (χ1) is 7.93. The largest absolute Gasteiger partial charge is 0.447 e.